The normalized spacial score (nSPS) is 16.1. The molecule has 0 atom stereocenters. The van der Waals surface area contributed by atoms with E-state index in [1.54, 1.807) is 6.92 Å². The van der Waals surface area contributed by atoms with E-state index in [4.69, 9.17) is 5.11 Å². The summed E-state index contributed by atoms with van der Waals surface area (Å²) in [5, 5.41) is 13.0. The topological polar surface area (TPSA) is 72.2 Å². The SMILES string of the molecule is Cc1nn(CCC2CCCC2)c(=O)cc1C(=O)O. The molecule has 18 heavy (non-hydrogen) atoms. The van der Waals surface area contributed by atoms with Crippen LogP contribution in [0.25, 0.3) is 0 Å². The van der Waals surface area contributed by atoms with Gasteiger partial charge in [-0.15, -0.1) is 0 Å². The van der Waals surface area contributed by atoms with Crippen molar-refractivity contribution in [2.45, 2.75) is 45.6 Å². The van der Waals surface area contributed by atoms with Gasteiger partial charge in [0.05, 0.1) is 11.3 Å². The number of aryl methyl sites for hydroxylation is 2. The summed E-state index contributed by atoms with van der Waals surface area (Å²) in [6.45, 7) is 2.21. The Morgan fingerprint density at radius 2 is 2.17 bits per heavy atom. The molecule has 1 heterocycles. The Morgan fingerprint density at radius 3 is 2.78 bits per heavy atom. The fraction of sp³-hybridized carbons (Fsp3) is 0.615. The molecule has 0 amide bonds. The number of aromatic carboxylic acids is 1. The Balaban J connectivity index is 2.11. The zero-order chi connectivity index (χ0) is 13.1. The lowest BCUT2D eigenvalue weighted by Gasteiger charge is -2.10. The minimum Gasteiger partial charge on any atom is -0.478 e. The van der Waals surface area contributed by atoms with E-state index < -0.39 is 5.97 Å². The van der Waals surface area contributed by atoms with Gasteiger partial charge >= 0.3 is 5.97 Å². The van der Waals surface area contributed by atoms with Crippen LogP contribution in [0.2, 0.25) is 0 Å². The van der Waals surface area contributed by atoms with Crippen molar-refractivity contribution in [3.63, 3.8) is 0 Å². The molecule has 1 aliphatic rings. The standard InChI is InChI=1S/C13H18N2O3/c1-9-11(13(17)18)8-12(16)15(14-9)7-6-10-4-2-3-5-10/h8,10H,2-7H2,1H3,(H,17,18). The number of carbonyl (C=O) groups is 1. The third-order valence-corrected chi connectivity index (χ3v) is 3.64. The molecule has 0 saturated heterocycles. The van der Waals surface area contributed by atoms with Gasteiger partial charge in [-0.1, -0.05) is 25.7 Å². The molecule has 2 rings (SSSR count). The number of nitrogens with zero attached hydrogens (tertiary/aromatic N) is 2. The Morgan fingerprint density at radius 1 is 1.50 bits per heavy atom. The Labute approximate surface area is 105 Å². The van der Waals surface area contributed by atoms with Crippen LogP contribution in [0.15, 0.2) is 10.9 Å². The molecule has 5 heteroatoms. The maximum absolute atomic E-state index is 11.7. The molecule has 98 valence electrons. The fourth-order valence-electron chi connectivity index (χ4n) is 2.57. The summed E-state index contributed by atoms with van der Waals surface area (Å²) in [6, 6.07) is 1.17. The summed E-state index contributed by atoms with van der Waals surface area (Å²) in [4.78, 5) is 22.6. The first kappa shape index (κ1) is 12.8. The van der Waals surface area contributed by atoms with Crippen molar-refractivity contribution in [1.82, 2.24) is 9.78 Å². The Hall–Kier alpha value is -1.65. The summed E-state index contributed by atoms with van der Waals surface area (Å²) in [5.74, 6) is -0.404. The van der Waals surface area contributed by atoms with Gasteiger partial charge in [0.15, 0.2) is 0 Å². The number of hydrogen-bond donors (Lipinski definition) is 1. The van der Waals surface area contributed by atoms with Crippen LogP contribution in [-0.4, -0.2) is 20.9 Å². The van der Waals surface area contributed by atoms with Crippen molar-refractivity contribution in [3.05, 3.63) is 27.7 Å². The minimum atomic E-state index is -1.10. The lowest BCUT2D eigenvalue weighted by molar-refractivity contribution is 0.0694. The molecule has 1 aliphatic carbocycles. The molecular formula is C13H18N2O3. The van der Waals surface area contributed by atoms with E-state index in [0.717, 1.165) is 6.42 Å². The molecule has 0 radical (unpaired) electrons. The average Bonchev–Trinajstić information content (AvgIpc) is 2.82. The highest BCUT2D eigenvalue weighted by Gasteiger charge is 2.16. The fourth-order valence-corrected chi connectivity index (χ4v) is 2.57. The number of hydrogen-bond acceptors (Lipinski definition) is 3. The minimum absolute atomic E-state index is 0.00267. The number of aromatic nitrogens is 2. The zero-order valence-electron chi connectivity index (χ0n) is 10.6. The van der Waals surface area contributed by atoms with Crippen LogP contribution in [0.1, 0.15) is 48.2 Å². The average molecular weight is 250 g/mol. The first-order valence-electron chi connectivity index (χ1n) is 6.40. The van der Waals surface area contributed by atoms with Crippen LogP contribution in [0.4, 0.5) is 0 Å². The second-order valence-corrected chi connectivity index (χ2v) is 4.95. The molecule has 0 aliphatic heterocycles. The lowest BCUT2D eigenvalue weighted by atomic mass is 10.0. The molecule has 5 nitrogen and oxygen atoms in total. The van der Waals surface area contributed by atoms with Gasteiger partial charge in [-0.25, -0.2) is 9.48 Å². The monoisotopic (exact) mass is 250 g/mol. The second-order valence-electron chi connectivity index (χ2n) is 4.95. The first-order chi connectivity index (χ1) is 8.58. The maximum atomic E-state index is 11.7. The third-order valence-electron chi connectivity index (χ3n) is 3.64. The highest BCUT2D eigenvalue weighted by Crippen LogP contribution is 2.27. The van der Waals surface area contributed by atoms with Crippen LogP contribution in [0.3, 0.4) is 0 Å². The molecule has 0 unspecified atom stereocenters. The molecular weight excluding hydrogens is 232 g/mol. The third kappa shape index (κ3) is 2.78. The largest absolute Gasteiger partial charge is 0.478 e. The van der Waals surface area contributed by atoms with Gasteiger partial charge in [0.2, 0.25) is 0 Å². The van der Waals surface area contributed by atoms with E-state index in [-0.39, 0.29) is 11.1 Å². The van der Waals surface area contributed by atoms with Gasteiger partial charge in [0, 0.05) is 12.6 Å². The van der Waals surface area contributed by atoms with Gasteiger partial charge in [-0.05, 0) is 19.3 Å². The van der Waals surface area contributed by atoms with Crippen LogP contribution in [-0.2, 0) is 6.54 Å². The second kappa shape index (κ2) is 5.33. The molecule has 0 bridgehead atoms. The highest BCUT2D eigenvalue weighted by molar-refractivity contribution is 5.88. The first-order valence-corrected chi connectivity index (χ1v) is 6.40. The van der Waals surface area contributed by atoms with Crippen molar-refractivity contribution >= 4 is 5.97 Å². The summed E-state index contributed by atoms with van der Waals surface area (Å²) < 4.78 is 1.39. The number of carboxylic acid groups (broad SMARTS) is 1. The quantitative estimate of drug-likeness (QED) is 0.884. The van der Waals surface area contributed by atoms with E-state index in [9.17, 15) is 9.59 Å². The molecule has 1 saturated carbocycles. The van der Waals surface area contributed by atoms with Crippen LogP contribution in [0.5, 0.6) is 0 Å². The molecule has 0 aromatic carbocycles. The molecule has 0 spiro atoms. The van der Waals surface area contributed by atoms with Gasteiger partial charge in [0.25, 0.3) is 5.56 Å². The zero-order valence-corrected chi connectivity index (χ0v) is 10.6. The van der Waals surface area contributed by atoms with E-state index in [1.165, 1.54) is 36.4 Å². The van der Waals surface area contributed by atoms with Crippen LogP contribution >= 0.6 is 0 Å². The smallest absolute Gasteiger partial charge is 0.337 e. The number of rotatable bonds is 4. The molecule has 1 aromatic heterocycles. The van der Waals surface area contributed by atoms with Gasteiger partial charge in [-0.2, -0.15) is 5.10 Å². The van der Waals surface area contributed by atoms with Crippen LogP contribution in [0, 0.1) is 12.8 Å². The highest BCUT2D eigenvalue weighted by atomic mass is 16.4. The predicted octanol–water partition coefficient (Wildman–Crippen LogP) is 1.83. The van der Waals surface area contributed by atoms with E-state index in [2.05, 4.69) is 5.10 Å². The molecule has 1 N–H and O–H groups in total. The van der Waals surface area contributed by atoms with Crippen molar-refractivity contribution in [2.24, 2.45) is 5.92 Å². The van der Waals surface area contributed by atoms with Crippen LogP contribution < -0.4 is 5.56 Å². The lowest BCUT2D eigenvalue weighted by Crippen LogP contribution is -2.26. The molecule has 1 aromatic rings. The van der Waals surface area contributed by atoms with Gasteiger partial charge < -0.3 is 5.11 Å². The van der Waals surface area contributed by atoms with Gasteiger partial charge in [0.1, 0.15) is 0 Å². The van der Waals surface area contributed by atoms with E-state index >= 15 is 0 Å². The summed E-state index contributed by atoms with van der Waals surface area (Å²) in [5.41, 5.74) is 0.0710. The summed E-state index contributed by atoms with van der Waals surface area (Å²) in [6.07, 6.45) is 5.99. The summed E-state index contributed by atoms with van der Waals surface area (Å²) >= 11 is 0. The van der Waals surface area contributed by atoms with Crippen molar-refractivity contribution in [2.75, 3.05) is 0 Å². The Kier molecular flexibility index (Phi) is 3.79. The predicted molar refractivity (Wildman–Crippen MR) is 66.8 cm³/mol. The van der Waals surface area contributed by atoms with Crippen molar-refractivity contribution < 1.29 is 9.90 Å². The molecule has 1 fully saturated rings. The summed E-state index contributed by atoms with van der Waals surface area (Å²) in [7, 11) is 0. The van der Waals surface area contributed by atoms with Crippen molar-refractivity contribution in [3.8, 4) is 0 Å². The van der Waals surface area contributed by atoms with Crippen molar-refractivity contribution in [1.29, 1.82) is 0 Å². The van der Waals surface area contributed by atoms with E-state index in [0.29, 0.717) is 18.2 Å². The van der Waals surface area contributed by atoms with Gasteiger partial charge in [-0.3, -0.25) is 4.79 Å². The maximum Gasteiger partial charge on any atom is 0.337 e. The number of carboxylic acids is 1. The Bertz CT molecular complexity index is 501. The van der Waals surface area contributed by atoms with E-state index in [1.807, 2.05) is 0 Å².